The molecule has 1 amide bonds. The van der Waals surface area contributed by atoms with Crippen LogP contribution in [0.25, 0.3) is 0 Å². The molecule has 130 valence electrons. The van der Waals surface area contributed by atoms with Crippen LogP contribution in [0, 0.1) is 16.0 Å². The number of anilines is 1. The van der Waals surface area contributed by atoms with Gasteiger partial charge in [0.1, 0.15) is 5.69 Å². The van der Waals surface area contributed by atoms with E-state index >= 15 is 0 Å². The Labute approximate surface area is 146 Å². The highest BCUT2D eigenvalue weighted by Crippen LogP contribution is 2.30. The number of nitro benzene ring substituents is 1. The van der Waals surface area contributed by atoms with Gasteiger partial charge in [-0.25, -0.2) is 0 Å². The van der Waals surface area contributed by atoms with Crippen molar-refractivity contribution in [2.45, 2.75) is 19.3 Å². The van der Waals surface area contributed by atoms with E-state index in [-0.39, 0.29) is 17.2 Å². The third kappa shape index (κ3) is 3.79. The summed E-state index contributed by atoms with van der Waals surface area (Å²) >= 11 is 0. The molecule has 6 nitrogen and oxygen atoms in total. The standard InChI is InChI=1S/C19H21N3O3/c1-20-19(23)16-6-7-17(18(12-16)22(24)25)21-9-8-13-10-14-4-2-3-5-15(14)11-13/h2-7,12-13,21H,8-11H2,1H3,(H,20,23). The van der Waals surface area contributed by atoms with Crippen LogP contribution in [-0.2, 0) is 12.8 Å². The van der Waals surface area contributed by atoms with Crippen LogP contribution in [0.1, 0.15) is 27.9 Å². The van der Waals surface area contributed by atoms with Gasteiger partial charge in [0, 0.05) is 25.2 Å². The molecule has 0 saturated heterocycles. The number of hydrogen-bond donors (Lipinski definition) is 2. The lowest BCUT2D eigenvalue weighted by Gasteiger charge is -2.12. The van der Waals surface area contributed by atoms with Crippen molar-refractivity contribution in [3.05, 3.63) is 69.3 Å². The molecule has 0 spiro atoms. The van der Waals surface area contributed by atoms with E-state index in [9.17, 15) is 14.9 Å². The van der Waals surface area contributed by atoms with E-state index in [2.05, 4.69) is 34.9 Å². The minimum absolute atomic E-state index is 0.0733. The Morgan fingerprint density at radius 3 is 2.48 bits per heavy atom. The van der Waals surface area contributed by atoms with Crippen molar-refractivity contribution in [3.8, 4) is 0 Å². The van der Waals surface area contributed by atoms with Crippen LogP contribution < -0.4 is 10.6 Å². The Hall–Kier alpha value is -2.89. The highest BCUT2D eigenvalue weighted by Gasteiger charge is 2.21. The SMILES string of the molecule is CNC(=O)c1ccc(NCCC2Cc3ccccc3C2)c([N+](=O)[O-])c1. The van der Waals surface area contributed by atoms with Gasteiger partial charge in [0.2, 0.25) is 0 Å². The minimum atomic E-state index is -0.458. The number of fused-ring (bicyclic) bond motifs is 1. The molecule has 1 aliphatic carbocycles. The van der Waals surface area contributed by atoms with Gasteiger partial charge >= 0.3 is 0 Å². The third-order valence-corrected chi connectivity index (χ3v) is 4.69. The molecule has 2 aromatic carbocycles. The summed E-state index contributed by atoms with van der Waals surface area (Å²) in [5, 5.41) is 16.9. The average molecular weight is 339 g/mol. The lowest BCUT2D eigenvalue weighted by atomic mass is 10.0. The maximum absolute atomic E-state index is 11.6. The van der Waals surface area contributed by atoms with Gasteiger partial charge in [0.25, 0.3) is 11.6 Å². The third-order valence-electron chi connectivity index (χ3n) is 4.69. The summed E-state index contributed by atoms with van der Waals surface area (Å²) in [4.78, 5) is 22.5. The monoisotopic (exact) mass is 339 g/mol. The molecule has 1 aliphatic rings. The second-order valence-electron chi connectivity index (χ2n) is 6.33. The van der Waals surface area contributed by atoms with Gasteiger partial charge in [-0.3, -0.25) is 14.9 Å². The van der Waals surface area contributed by atoms with E-state index in [1.54, 1.807) is 12.1 Å². The number of carbonyl (C=O) groups excluding carboxylic acids is 1. The van der Waals surface area contributed by atoms with Crippen LogP contribution >= 0.6 is 0 Å². The molecule has 0 aliphatic heterocycles. The van der Waals surface area contributed by atoms with Crippen LogP contribution in [0.15, 0.2) is 42.5 Å². The van der Waals surface area contributed by atoms with E-state index in [0.29, 0.717) is 18.2 Å². The zero-order chi connectivity index (χ0) is 17.8. The molecule has 0 radical (unpaired) electrons. The van der Waals surface area contributed by atoms with Gasteiger partial charge < -0.3 is 10.6 Å². The molecular weight excluding hydrogens is 318 g/mol. The zero-order valence-electron chi connectivity index (χ0n) is 14.1. The van der Waals surface area contributed by atoms with Gasteiger partial charge in [-0.05, 0) is 48.4 Å². The summed E-state index contributed by atoms with van der Waals surface area (Å²) in [6.07, 6.45) is 3.08. The predicted molar refractivity (Wildman–Crippen MR) is 96.9 cm³/mol. The summed E-state index contributed by atoms with van der Waals surface area (Å²) < 4.78 is 0. The van der Waals surface area contributed by atoms with Crippen molar-refractivity contribution in [2.24, 2.45) is 5.92 Å². The summed E-state index contributed by atoms with van der Waals surface area (Å²) in [6, 6.07) is 13.0. The molecule has 0 unspecified atom stereocenters. The molecule has 25 heavy (non-hydrogen) atoms. The first-order valence-electron chi connectivity index (χ1n) is 8.39. The number of amides is 1. The number of carbonyl (C=O) groups is 1. The fourth-order valence-electron chi connectivity index (χ4n) is 3.38. The molecule has 6 heteroatoms. The average Bonchev–Trinajstić information content (AvgIpc) is 3.03. The lowest BCUT2D eigenvalue weighted by Crippen LogP contribution is -2.18. The zero-order valence-corrected chi connectivity index (χ0v) is 14.1. The molecule has 2 N–H and O–H groups in total. The van der Waals surface area contributed by atoms with E-state index in [1.807, 2.05) is 0 Å². The molecule has 0 atom stereocenters. The number of nitrogens with one attached hydrogen (secondary N) is 2. The second kappa shape index (κ2) is 7.34. The van der Waals surface area contributed by atoms with Crippen molar-refractivity contribution in [2.75, 3.05) is 18.9 Å². The quantitative estimate of drug-likeness (QED) is 0.625. The smallest absolute Gasteiger partial charge is 0.293 e. The Morgan fingerprint density at radius 2 is 1.88 bits per heavy atom. The van der Waals surface area contributed by atoms with E-state index in [4.69, 9.17) is 0 Å². The number of nitrogens with zero attached hydrogens (tertiary/aromatic N) is 1. The Morgan fingerprint density at radius 1 is 1.20 bits per heavy atom. The van der Waals surface area contributed by atoms with Crippen LogP contribution in [0.4, 0.5) is 11.4 Å². The van der Waals surface area contributed by atoms with Crippen molar-refractivity contribution in [1.29, 1.82) is 0 Å². The fraction of sp³-hybridized carbons (Fsp3) is 0.316. The predicted octanol–water partition coefficient (Wildman–Crippen LogP) is 3.17. The molecule has 2 aromatic rings. The second-order valence-corrected chi connectivity index (χ2v) is 6.33. The van der Waals surface area contributed by atoms with Crippen LogP contribution in [0.2, 0.25) is 0 Å². The topological polar surface area (TPSA) is 84.3 Å². The highest BCUT2D eigenvalue weighted by molar-refractivity contribution is 5.95. The molecule has 0 bridgehead atoms. The highest BCUT2D eigenvalue weighted by atomic mass is 16.6. The fourth-order valence-corrected chi connectivity index (χ4v) is 3.38. The molecule has 3 rings (SSSR count). The van der Waals surface area contributed by atoms with Crippen molar-refractivity contribution in [1.82, 2.24) is 5.32 Å². The molecular formula is C19H21N3O3. The van der Waals surface area contributed by atoms with Gasteiger partial charge in [0.05, 0.1) is 4.92 Å². The van der Waals surface area contributed by atoms with E-state index < -0.39 is 4.92 Å². The van der Waals surface area contributed by atoms with Gasteiger partial charge in [0.15, 0.2) is 0 Å². The molecule has 0 saturated carbocycles. The number of benzene rings is 2. The Kier molecular flexibility index (Phi) is 4.97. The van der Waals surface area contributed by atoms with Gasteiger partial charge in [-0.15, -0.1) is 0 Å². The normalized spacial score (nSPS) is 13.3. The summed E-state index contributed by atoms with van der Waals surface area (Å²) in [5.74, 6) is 0.229. The summed E-state index contributed by atoms with van der Waals surface area (Å²) in [6.45, 7) is 0.665. The van der Waals surface area contributed by atoms with Crippen molar-refractivity contribution < 1.29 is 9.72 Å². The first kappa shape index (κ1) is 17.0. The molecule has 0 fully saturated rings. The van der Waals surface area contributed by atoms with Crippen molar-refractivity contribution in [3.63, 3.8) is 0 Å². The van der Waals surface area contributed by atoms with E-state index in [1.165, 1.54) is 24.2 Å². The van der Waals surface area contributed by atoms with Gasteiger partial charge in [-0.2, -0.15) is 0 Å². The van der Waals surface area contributed by atoms with Crippen molar-refractivity contribution >= 4 is 17.3 Å². The lowest BCUT2D eigenvalue weighted by molar-refractivity contribution is -0.384. The molecule has 0 heterocycles. The number of rotatable bonds is 6. The Bertz CT molecular complexity index is 779. The Balaban J connectivity index is 1.62. The van der Waals surface area contributed by atoms with E-state index in [0.717, 1.165) is 19.3 Å². The molecule has 0 aromatic heterocycles. The van der Waals surface area contributed by atoms with Crippen LogP contribution in [0.5, 0.6) is 0 Å². The van der Waals surface area contributed by atoms with Crippen LogP contribution in [0.3, 0.4) is 0 Å². The maximum Gasteiger partial charge on any atom is 0.293 e. The first-order valence-corrected chi connectivity index (χ1v) is 8.39. The van der Waals surface area contributed by atoms with Crippen LogP contribution in [-0.4, -0.2) is 24.4 Å². The van der Waals surface area contributed by atoms with Gasteiger partial charge in [-0.1, -0.05) is 24.3 Å². The minimum Gasteiger partial charge on any atom is -0.379 e. The summed E-state index contributed by atoms with van der Waals surface area (Å²) in [7, 11) is 1.50. The summed E-state index contributed by atoms with van der Waals surface area (Å²) in [5.41, 5.74) is 3.48. The number of hydrogen-bond acceptors (Lipinski definition) is 4. The first-order chi connectivity index (χ1) is 12.1. The maximum atomic E-state index is 11.6. The number of nitro groups is 1. The largest absolute Gasteiger partial charge is 0.379 e.